The first-order chi connectivity index (χ1) is 13.7. The van der Waals surface area contributed by atoms with Gasteiger partial charge in [0.05, 0.1) is 6.10 Å². The van der Waals surface area contributed by atoms with Gasteiger partial charge < -0.3 is 10.8 Å². The van der Waals surface area contributed by atoms with Crippen molar-refractivity contribution in [2.45, 2.75) is 111 Å². The SMILES string of the molecule is CC(C)CCC[C@H](C)[C@@H]1CC[C@@H]2[C@H]3[C@H](N)C=C4C[C@@H](O)CC[C@]4(C)[C@@H]3CC[C@@]21C. The van der Waals surface area contributed by atoms with Gasteiger partial charge in [0.15, 0.2) is 0 Å². The summed E-state index contributed by atoms with van der Waals surface area (Å²) >= 11 is 0. The number of nitrogens with two attached hydrogens (primary N) is 1. The van der Waals surface area contributed by atoms with E-state index < -0.39 is 0 Å². The van der Waals surface area contributed by atoms with Crippen molar-refractivity contribution in [3.05, 3.63) is 11.6 Å². The first-order valence-corrected chi connectivity index (χ1v) is 12.8. The quantitative estimate of drug-likeness (QED) is 0.529. The van der Waals surface area contributed by atoms with E-state index in [1.807, 2.05) is 0 Å². The minimum atomic E-state index is -0.144. The fraction of sp³-hybridized carbons (Fsp3) is 0.926. The highest BCUT2D eigenvalue weighted by atomic mass is 16.3. The zero-order valence-electron chi connectivity index (χ0n) is 19.8. The molecule has 9 atom stereocenters. The van der Waals surface area contributed by atoms with Gasteiger partial charge in [0.1, 0.15) is 0 Å². The number of aliphatic hydroxyl groups excluding tert-OH is 1. The van der Waals surface area contributed by atoms with Gasteiger partial charge in [-0.05, 0) is 91.3 Å². The summed E-state index contributed by atoms with van der Waals surface area (Å²) in [6, 6.07) is 0.202. The molecule has 2 nitrogen and oxygen atoms in total. The van der Waals surface area contributed by atoms with Crippen molar-refractivity contribution < 1.29 is 5.11 Å². The average molecular weight is 402 g/mol. The van der Waals surface area contributed by atoms with Crippen LogP contribution in [0.5, 0.6) is 0 Å². The molecule has 4 rings (SSSR count). The molecule has 166 valence electrons. The summed E-state index contributed by atoms with van der Waals surface area (Å²) in [6.07, 6.45) is 15.0. The Kier molecular flexibility index (Phi) is 6.01. The van der Waals surface area contributed by atoms with Crippen molar-refractivity contribution in [1.82, 2.24) is 0 Å². The van der Waals surface area contributed by atoms with Gasteiger partial charge in [-0.25, -0.2) is 0 Å². The molecule has 0 unspecified atom stereocenters. The first kappa shape index (κ1) is 21.9. The van der Waals surface area contributed by atoms with Crippen LogP contribution in [0.2, 0.25) is 0 Å². The molecule has 0 aromatic carbocycles. The van der Waals surface area contributed by atoms with Crippen molar-refractivity contribution in [3.63, 3.8) is 0 Å². The monoisotopic (exact) mass is 401 g/mol. The van der Waals surface area contributed by atoms with Crippen LogP contribution in [0.1, 0.15) is 98.8 Å². The number of hydrogen-bond donors (Lipinski definition) is 2. The molecule has 0 aromatic heterocycles. The van der Waals surface area contributed by atoms with Crippen LogP contribution in [0.25, 0.3) is 0 Å². The van der Waals surface area contributed by atoms with Crippen molar-refractivity contribution in [2.75, 3.05) is 0 Å². The summed E-state index contributed by atoms with van der Waals surface area (Å²) in [4.78, 5) is 0. The smallest absolute Gasteiger partial charge is 0.0577 e. The molecule has 4 aliphatic rings. The lowest BCUT2D eigenvalue weighted by atomic mass is 9.46. The van der Waals surface area contributed by atoms with E-state index in [9.17, 15) is 5.11 Å². The summed E-state index contributed by atoms with van der Waals surface area (Å²) < 4.78 is 0. The molecule has 0 radical (unpaired) electrons. The zero-order valence-corrected chi connectivity index (χ0v) is 19.8. The van der Waals surface area contributed by atoms with Gasteiger partial charge in [-0.2, -0.15) is 0 Å². The van der Waals surface area contributed by atoms with Gasteiger partial charge >= 0.3 is 0 Å². The fourth-order valence-electron chi connectivity index (χ4n) is 8.74. The van der Waals surface area contributed by atoms with Crippen molar-refractivity contribution in [3.8, 4) is 0 Å². The molecular weight excluding hydrogens is 354 g/mol. The van der Waals surface area contributed by atoms with Gasteiger partial charge in [-0.15, -0.1) is 0 Å². The summed E-state index contributed by atoms with van der Waals surface area (Å²) in [5, 5.41) is 10.3. The van der Waals surface area contributed by atoms with E-state index in [1.54, 1.807) is 0 Å². The minimum absolute atomic E-state index is 0.144. The molecule has 0 aliphatic heterocycles. The Bertz CT molecular complexity index is 626. The summed E-state index contributed by atoms with van der Waals surface area (Å²) in [5.74, 6) is 4.77. The Morgan fingerprint density at radius 1 is 1.03 bits per heavy atom. The number of fused-ring (bicyclic) bond motifs is 5. The van der Waals surface area contributed by atoms with E-state index in [-0.39, 0.29) is 12.1 Å². The Labute approximate surface area is 180 Å². The molecule has 0 aromatic rings. The van der Waals surface area contributed by atoms with E-state index >= 15 is 0 Å². The van der Waals surface area contributed by atoms with Crippen molar-refractivity contribution in [1.29, 1.82) is 0 Å². The van der Waals surface area contributed by atoms with Crippen LogP contribution in [0.3, 0.4) is 0 Å². The molecule has 29 heavy (non-hydrogen) atoms. The largest absolute Gasteiger partial charge is 0.393 e. The standard InChI is InChI=1S/C27H47NO/c1-17(2)7-6-8-18(3)21-9-10-22-25-23(12-14-27(21,22)5)26(4)13-11-20(29)15-19(26)16-24(25)28/h16-18,20-25,29H,6-15,28H2,1-5H3/t18-,20-,21-,22+,23+,24+,25+,26-,27+/m0/s1. The first-order valence-electron chi connectivity index (χ1n) is 12.8. The number of rotatable bonds is 5. The fourth-order valence-corrected chi connectivity index (χ4v) is 8.74. The molecule has 2 heteroatoms. The molecule has 3 saturated carbocycles. The normalized spacial score (nSPS) is 47.9. The molecule has 0 spiro atoms. The van der Waals surface area contributed by atoms with E-state index in [0.717, 1.165) is 48.9 Å². The zero-order chi connectivity index (χ0) is 21.0. The van der Waals surface area contributed by atoms with E-state index in [0.29, 0.717) is 16.7 Å². The van der Waals surface area contributed by atoms with Gasteiger partial charge in [0.25, 0.3) is 0 Å². The highest BCUT2D eigenvalue weighted by molar-refractivity contribution is 5.28. The number of aliphatic hydroxyl groups is 1. The predicted molar refractivity (Wildman–Crippen MR) is 122 cm³/mol. The van der Waals surface area contributed by atoms with Crippen molar-refractivity contribution >= 4 is 0 Å². The molecule has 3 fully saturated rings. The van der Waals surface area contributed by atoms with Crippen LogP contribution in [0.4, 0.5) is 0 Å². The molecule has 0 amide bonds. The lowest BCUT2D eigenvalue weighted by Crippen LogP contribution is -2.56. The minimum Gasteiger partial charge on any atom is -0.393 e. The average Bonchev–Trinajstić information content (AvgIpc) is 3.00. The van der Waals surface area contributed by atoms with Gasteiger partial charge in [0.2, 0.25) is 0 Å². The molecule has 4 aliphatic carbocycles. The Hall–Kier alpha value is -0.340. The second-order valence-corrected chi connectivity index (χ2v) is 12.4. The van der Waals surface area contributed by atoms with Crippen molar-refractivity contribution in [2.24, 2.45) is 52.1 Å². The topological polar surface area (TPSA) is 46.2 Å². The lowest BCUT2D eigenvalue weighted by Gasteiger charge is -2.60. The molecular formula is C27H47NO. The summed E-state index contributed by atoms with van der Waals surface area (Å²) in [5.41, 5.74) is 9.17. The third kappa shape index (κ3) is 3.65. The van der Waals surface area contributed by atoms with Crippen LogP contribution >= 0.6 is 0 Å². The third-order valence-corrected chi connectivity index (χ3v) is 10.4. The van der Waals surface area contributed by atoms with E-state index in [4.69, 9.17) is 5.73 Å². The maximum atomic E-state index is 10.3. The number of hydrogen-bond acceptors (Lipinski definition) is 2. The van der Waals surface area contributed by atoms with Gasteiger partial charge in [0, 0.05) is 6.04 Å². The molecule has 0 bridgehead atoms. The lowest BCUT2D eigenvalue weighted by molar-refractivity contribution is -0.0632. The second-order valence-electron chi connectivity index (χ2n) is 12.4. The van der Waals surface area contributed by atoms with Crippen LogP contribution in [0, 0.1) is 46.3 Å². The van der Waals surface area contributed by atoms with Crippen LogP contribution in [0.15, 0.2) is 11.6 Å². The molecule has 3 N–H and O–H groups in total. The summed E-state index contributed by atoms with van der Waals surface area (Å²) in [7, 11) is 0. The van der Waals surface area contributed by atoms with Gasteiger partial charge in [-0.1, -0.05) is 65.5 Å². The predicted octanol–water partition coefficient (Wildman–Crippen LogP) is 6.33. The Balaban J connectivity index is 1.54. The highest BCUT2D eigenvalue weighted by Gasteiger charge is 2.60. The highest BCUT2D eigenvalue weighted by Crippen LogP contribution is 2.67. The van der Waals surface area contributed by atoms with E-state index in [1.165, 1.54) is 50.5 Å². The van der Waals surface area contributed by atoms with Gasteiger partial charge in [-0.3, -0.25) is 0 Å². The third-order valence-electron chi connectivity index (χ3n) is 10.4. The van der Waals surface area contributed by atoms with Crippen LogP contribution < -0.4 is 5.73 Å². The summed E-state index contributed by atoms with van der Waals surface area (Å²) in [6.45, 7) is 12.4. The Morgan fingerprint density at radius 3 is 2.52 bits per heavy atom. The maximum Gasteiger partial charge on any atom is 0.0577 e. The second kappa shape index (κ2) is 7.97. The Morgan fingerprint density at radius 2 is 1.79 bits per heavy atom. The van der Waals surface area contributed by atoms with Crippen LogP contribution in [-0.2, 0) is 0 Å². The molecule has 0 saturated heterocycles. The van der Waals surface area contributed by atoms with E-state index in [2.05, 4.69) is 40.7 Å². The van der Waals surface area contributed by atoms with Crippen LogP contribution in [-0.4, -0.2) is 17.3 Å². The molecule has 0 heterocycles. The maximum absolute atomic E-state index is 10.3.